The maximum absolute atomic E-state index is 5.98. The van der Waals surface area contributed by atoms with E-state index in [0.29, 0.717) is 0 Å². The molecule has 0 aliphatic carbocycles. The number of thiazole rings is 1. The van der Waals surface area contributed by atoms with Gasteiger partial charge in [0.15, 0.2) is 0 Å². The molecule has 0 saturated heterocycles. The molecule has 2 N–H and O–H groups in total. The Bertz CT molecular complexity index is 298. The predicted octanol–water partition coefficient (Wildman–Crippen LogP) is 2.25. The minimum absolute atomic E-state index is 0.112. The van der Waals surface area contributed by atoms with Crippen molar-refractivity contribution in [3.63, 3.8) is 0 Å². The van der Waals surface area contributed by atoms with Gasteiger partial charge in [-0.05, 0) is 19.8 Å². The molecule has 1 aromatic rings. The topological polar surface area (TPSA) is 38.9 Å². The second kappa shape index (κ2) is 5.00. The largest absolute Gasteiger partial charge is 0.323 e. The van der Waals surface area contributed by atoms with Crippen molar-refractivity contribution in [2.24, 2.45) is 5.73 Å². The molecule has 0 spiro atoms. The van der Waals surface area contributed by atoms with Gasteiger partial charge in [0, 0.05) is 17.3 Å². The Morgan fingerprint density at radius 3 is 3.08 bits per heavy atom. The number of rotatable bonds is 4. The average molecular weight is 194 g/mol. The molecule has 0 aliphatic rings. The normalized spacial score (nSPS) is 12.4. The van der Waals surface area contributed by atoms with E-state index in [1.807, 2.05) is 12.4 Å². The lowest BCUT2D eigenvalue weighted by molar-refractivity contribution is 0.626. The van der Waals surface area contributed by atoms with Crippen molar-refractivity contribution in [3.8, 4) is 12.3 Å². The maximum Gasteiger partial charge on any atom is 0.0798 e. The van der Waals surface area contributed by atoms with Crippen LogP contribution in [0.4, 0.5) is 0 Å². The lowest BCUT2D eigenvalue weighted by Gasteiger charge is -2.08. The molecule has 1 heterocycles. The number of hydrogen-bond acceptors (Lipinski definition) is 3. The summed E-state index contributed by atoms with van der Waals surface area (Å²) in [6.45, 7) is 1.99. The van der Waals surface area contributed by atoms with Crippen LogP contribution in [0.15, 0.2) is 5.51 Å². The maximum atomic E-state index is 5.98. The summed E-state index contributed by atoms with van der Waals surface area (Å²) in [5.74, 6) is 2.62. The van der Waals surface area contributed by atoms with E-state index in [0.717, 1.165) is 25.0 Å². The van der Waals surface area contributed by atoms with Crippen LogP contribution in [-0.4, -0.2) is 4.98 Å². The molecule has 13 heavy (non-hydrogen) atoms. The van der Waals surface area contributed by atoms with Gasteiger partial charge in [0.1, 0.15) is 0 Å². The van der Waals surface area contributed by atoms with E-state index in [2.05, 4.69) is 10.9 Å². The Kier molecular flexibility index (Phi) is 3.94. The molecule has 0 bridgehead atoms. The molecule has 1 aromatic heterocycles. The number of aromatic nitrogens is 1. The van der Waals surface area contributed by atoms with Gasteiger partial charge in [0.25, 0.3) is 0 Å². The number of unbranched alkanes of at least 4 members (excludes halogenated alkanes) is 1. The Morgan fingerprint density at radius 1 is 1.77 bits per heavy atom. The van der Waals surface area contributed by atoms with Crippen LogP contribution in [-0.2, 0) is 0 Å². The molecule has 0 aromatic carbocycles. The minimum atomic E-state index is 0.112. The summed E-state index contributed by atoms with van der Waals surface area (Å²) in [4.78, 5) is 5.36. The SMILES string of the molecule is C#CCCCC(N)c1scnc1C. The zero-order chi connectivity index (χ0) is 9.68. The number of terminal acetylenes is 1. The Morgan fingerprint density at radius 2 is 2.54 bits per heavy atom. The molecule has 0 aliphatic heterocycles. The van der Waals surface area contributed by atoms with Crippen molar-refractivity contribution in [1.29, 1.82) is 0 Å². The summed E-state index contributed by atoms with van der Waals surface area (Å²) in [5, 5.41) is 0. The summed E-state index contributed by atoms with van der Waals surface area (Å²) in [5.41, 5.74) is 8.88. The van der Waals surface area contributed by atoms with Crippen LogP contribution < -0.4 is 5.73 Å². The van der Waals surface area contributed by atoms with Crippen LogP contribution in [0, 0.1) is 19.3 Å². The molecule has 3 heteroatoms. The van der Waals surface area contributed by atoms with Gasteiger partial charge in [-0.25, -0.2) is 4.98 Å². The Labute approximate surface area is 83.2 Å². The quantitative estimate of drug-likeness (QED) is 0.590. The Balaban J connectivity index is 2.45. The van der Waals surface area contributed by atoms with Crippen molar-refractivity contribution in [2.75, 3.05) is 0 Å². The third-order valence-corrected chi connectivity index (χ3v) is 3.02. The molecule has 1 rings (SSSR count). The number of nitrogens with two attached hydrogens (primary N) is 1. The second-order valence-corrected chi connectivity index (χ2v) is 3.89. The van der Waals surface area contributed by atoms with Gasteiger partial charge >= 0.3 is 0 Å². The van der Waals surface area contributed by atoms with Gasteiger partial charge in [0.05, 0.1) is 11.2 Å². The van der Waals surface area contributed by atoms with Gasteiger partial charge < -0.3 is 5.73 Å². The smallest absolute Gasteiger partial charge is 0.0798 e. The average Bonchev–Trinajstić information content (AvgIpc) is 2.52. The summed E-state index contributed by atoms with van der Waals surface area (Å²) >= 11 is 1.63. The first-order valence-electron chi connectivity index (χ1n) is 4.34. The van der Waals surface area contributed by atoms with E-state index in [1.165, 1.54) is 4.88 Å². The van der Waals surface area contributed by atoms with Crippen molar-refractivity contribution in [3.05, 3.63) is 16.1 Å². The summed E-state index contributed by atoms with van der Waals surface area (Å²) < 4.78 is 0. The van der Waals surface area contributed by atoms with E-state index in [-0.39, 0.29) is 6.04 Å². The van der Waals surface area contributed by atoms with E-state index < -0.39 is 0 Å². The van der Waals surface area contributed by atoms with Crippen LogP contribution in [0.1, 0.15) is 35.9 Å². The van der Waals surface area contributed by atoms with Gasteiger partial charge in [-0.2, -0.15) is 0 Å². The zero-order valence-electron chi connectivity index (χ0n) is 7.79. The Hall–Kier alpha value is -0.850. The standard InChI is InChI=1S/C10H14N2S/c1-3-4-5-6-9(11)10-8(2)12-7-13-10/h1,7,9H,4-6,11H2,2H3. The summed E-state index contributed by atoms with van der Waals surface area (Å²) in [6.07, 6.45) is 7.92. The van der Waals surface area contributed by atoms with E-state index in [4.69, 9.17) is 12.2 Å². The molecule has 0 saturated carbocycles. The molecule has 1 atom stereocenters. The molecular formula is C10H14N2S. The van der Waals surface area contributed by atoms with Crippen LogP contribution in [0.2, 0.25) is 0 Å². The van der Waals surface area contributed by atoms with Crippen molar-refractivity contribution < 1.29 is 0 Å². The van der Waals surface area contributed by atoms with Crippen LogP contribution in [0.25, 0.3) is 0 Å². The molecular weight excluding hydrogens is 180 g/mol. The molecule has 1 unspecified atom stereocenters. The van der Waals surface area contributed by atoms with Crippen LogP contribution >= 0.6 is 11.3 Å². The summed E-state index contributed by atoms with van der Waals surface area (Å²) in [7, 11) is 0. The van der Waals surface area contributed by atoms with Crippen molar-refractivity contribution in [2.45, 2.75) is 32.2 Å². The molecule has 0 amide bonds. The fourth-order valence-corrected chi connectivity index (χ4v) is 2.06. The first-order chi connectivity index (χ1) is 6.25. The van der Waals surface area contributed by atoms with Crippen LogP contribution in [0.3, 0.4) is 0 Å². The van der Waals surface area contributed by atoms with Gasteiger partial charge in [-0.15, -0.1) is 23.7 Å². The first kappa shape index (κ1) is 10.2. The van der Waals surface area contributed by atoms with Gasteiger partial charge in [-0.1, -0.05) is 0 Å². The van der Waals surface area contributed by atoms with E-state index in [9.17, 15) is 0 Å². The summed E-state index contributed by atoms with van der Waals surface area (Å²) in [6, 6.07) is 0.112. The molecule has 0 radical (unpaired) electrons. The zero-order valence-corrected chi connectivity index (χ0v) is 8.60. The van der Waals surface area contributed by atoms with Crippen molar-refractivity contribution >= 4 is 11.3 Å². The predicted molar refractivity (Wildman–Crippen MR) is 56.5 cm³/mol. The van der Waals surface area contributed by atoms with Gasteiger partial charge in [-0.3, -0.25) is 0 Å². The van der Waals surface area contributed by atoms with Gasteiger partial charge in [0.2, 0.25) is 0 Å². The van der Waals surface area contributed by atoms with E-state index in [1.54, 1.807) is 11.3 Å². The molecule has 70 valence electrons. The lowest BCUT2D eigenvalue weighted by Crippen LogP contribution is -2.09. The first-order valence-corrected chi connectivity index (χ1v) is 5.22. The molecule has 0 fully saturated rings. The lowest BCUT2D eigenvalue weighted by atomic mass is 10.1. The highest BCUT2D eigenvalue weighted by atomic mass is 32.1. The number of hydrogen-bond donors (Lipinski definition) is 1. The van der Waals surface area contributed by atoms with Crippen LogP contribution in [0.5, 0.6) is 0 Å². The highest BCUT2D eigenvalue weighted by molar-refractivity contribution is 7.09. The fraction of sp³-hybridized carbons (Fsp3) is 0.500. The third kappa shape index (κ3) is 2.83. The highest BCUT2D eigenvalue weighted by Crippen LogP contribution is 2.23. The van der Waals surface area contributed by atoms with E-state index >= 15 is 0 Å². The fourth-order valence-electron chi connectivity index (χ4n) is 1.22. The third-order valence-electron chi connectivity index (χ3n) is 1.96. The van der Waals surface area contributed by atoms with Crippen molar-refractivity contribution in [1.82, 2.24) is 4.98 Å². The number of nitrogens with zero attached hydrogens (tertiary/aromatic N) is 1. The number of aryl methyl sites for hydroxylation is 1. The highest BCUT2D eigenvalue weighted by Gasteiger charge is 2.10. The monoisotopic (exact) mass is 194 g/mol. The molecule has 2 nitrogen and oxygen atoms in total. The second-order valence-electron chi connectivity index (χ2n) is 3.00. The minimum Gasteiger partial charge on any atom is -0.323 e.